The first kappa shape index (κ1) is 12.5. The summed E-state index contributed by atoms with van der Waals surface area (Å²) in [6.45, 7) is 3.80. The third-order valence-electron chi connectivity index (χ3n) is 2.58. The van der Waals surface area contributed by atoms with Gasteiger partial charge in [0.15, 0.2) is 5.82 Å². The van der Waals surface area contributed by atoms with E-state index in [2.05, 4.69) is 15.3 Å². The Labute approximate surface area is 110 Å². The first-order valence-corrected chi connectivity index (χ1v) is 6.04. The maximum atomic E-state index is 9.77. The van der Waals surface area contributed by atoms with Crippen LogP contribution in [0, 0.1) is 4.77 Å². The average Bonchev–Trinajstić information content (AvgIpc) is 2.71. The van der Waals surface area contributed by atoms with Gasteiger partial charge < -0.3 is 5.11 Å². The van der Waals surface area contributed by atoms with Crippen LogP contribution >= 0.6 is 12.2 Å². The zero-order chi connectivity index (χ0) is 13.1. The van der Waals surface area contributed by atoms with Crippen molar-refractivity contribution in [3.63, 3.8) is 0 Å². The molecule has 2 N–H and O–H groups in total. The van der Waals surface area contributed by atoms with E-state index in [9.17, 15) is 5.11 Å². The molecule has 18 heavy (non-hydrogen) atoms. The second-order valence-corrected chi connectivity index (χ2v) is 4.20. The minimum atomic E-state index is 0.201. The zero-order valence-corrected chi connectivity index (χ0v) is 11.0. The number of phenolic OH excluding ortho intramolecular Hbond substituents is 1. The van der Waals surface area contributed by atoms with Gasteiger partial charge in [-0.1, -0.05) is 19.1 Å². The molecule has 1 heterocycles. The van der Waals surface area contributed by atoms with Gasteiger partial charge in [-0.2, -0.15) is 14.9 Å². The molecule has 0 spiro atoms. The Hall–Kier alpha value is -1.95. The number of aromatic nitrogens is 3. The summed E-state index contributed by atoms with van der Waals surface area (Å²) in [5, 5.41) is 20.9. The molecule has 0 amide bonds. The highest BCUT2D eigenvalue weighted by molar-refractivity contribution is 7.71. The summed E-state index contributed by atoms with van der Waals surface area (Å²) >= 11 is 5.12. The van der Waals surface area contributed by atoms with Crippen LogP contribution in [0.15, 0.2) is 29.4 Å². The van der Waals surface area contributed by atoms with E-state index in [1.165, 1.54) is 0 Å². The Morgan fingerprint density at radius 1 is 1.50 bits per heavy atom. The van der Waals surface area contributed by atoms with E-state index in [4.69, 9.17) is 12.2 Å². The van der Waals surface area contributed by atoms with Crippen LogP contribution in [0.5, 0.6) is 5.75 Å². The molecule has 94 valence electrons. The Morgan fingerprint density at radius 3 is 2.89 bits per heavy atom. The van der Waals surface area contributed by atoms with Gasteiger partial charge in [0.1, 0.15) is 5.75 Å². The maximum Gasteiger partial charge on any atom is 0.216 e. The normalized spacial score (nSPS) is 11.8. The average molecular weight is 262 g/mol. The maximum absolute atomic E-state index is 9.77. The van der Waals surface area contributed by atoms with Crippen LogP contribution in [-0.2, 0) is 6.42 Å². The second-order valence-electron chi connectivity index (χ2n) is 3.81. The van der Waals surface area contributed by atoms with E-state index >= 15 is 0 Å². The van der Waals surface area contributed by atoms with Crippen molar-refractivity contribution in [1.82, 2.24) is 14.9 Å². The third kappa shape index (κ3) is 2.33. The van der Waals surface area contributed by atoms with E-state index in [1.54, 1.807) is 16.8 Å². The van der Waals surface area contributed by atoms with Crippen molar-refractivity contribution < 1.29 is 5.11 Å². The number of H-pyrrole nitrogens is 1. The number of hydrogen-bond donors (Lipinski definition) is 2. The molecule has 2 rings (SSSR count). The zero-order valence-electron chi connectivity index (χ0n) is 10.2. The van der Waals surface area contributed by atoms with Crippen molar-refractivity contribution in [1.29, 1.82) is 0 Å². The molecule has 0 atom stereocenters. The summed E-state index contributed by atoms with van der Waals surface area (Å²) in [5.74, 6) is 0.960. The van der Waals surface area contributed by atoms with E-state index in [1.807, 2.05) is 26.0 Å². The quantitative estimate of drug-likeness (QED) is 0.659. The molecule has 5 nitrogen and oxygen atoms in total. The first-order chi connectivity index (χ1) is 8.63. The van der Waals surface area contributed by atoms with Gasteiger partial charge in [0.2, 0.25) is 4.77 Å². The van der Waals surface area contributed by atoms with Crippen LogP contribution in [0.1, 0.15) is 25.2 Å². The highest BCUT2D eigenvalue weighted by Crippen LogP contribution is 2.16. The predicted octanol–water partition coefficient (Wildman–Crippen LogP) is 2.48. The fraction of sp³-hybridized carbons (Fsp3) is 0.250. The van der Waals surface area contributed by atoms with Crippen LogP contribution in [0.2, 0.25) is 0 Å². The predicted molar refractivity (Wildman–Crippen MR) is 72.5 cm³/mol. The molecule has 0 aliphatic heterocycles. The van der Waals surface area contributed by atoms with E-state index in [0.29, 0.717) is 16.0 Å². The van der Waals surface area contributed by atoms with Crippen molar-refractivity contribution in [3.05, 3.63) is 40.4 Å². The van der Waals surface area contributed by atoms with Gasteiger partial charge in [0, 0.05) is 12.0 Å². The highest BCUT2D eigenvalue weighted by atomic mass is 32.1. The standard InChI is InChI=1S/C12H14N4OS/c1-3-11-13-14-12(18)16(11)15-8(2)9-6-4-5-7-10(9)17/h4-7,17H,3H2,1-2H3,(H,14,18)/b15-8+. The monoisotopic (exact) mass is 262 g/mol. The fourth-order valence-corrected chi connectivity index (χ4v) is 1.83. The van der Waals surface area contributed by atoms with E-state index < -0.39 is 0 Å². The lowest BCUT2D eigenvalue weighted by atomic mass is 10.1. The van der Waals surface area contributed by atoms with Crippen LogP contribution in [-0.4, -0.2) is 25.7 Å². The number of aromatic hydroxyl groups is 1. The lowest BCUT2D eigenvalue weighted by Gasteiger charge is -2.04. The lowest BCUT2D eigenvalue weighted by Crippen LogP contribution is -2.03. The summed E-state index contributed by atoms with van der Waals surface area (Å²) < 4.78 is 2.03. The molecule has 0 bridgehead atoms. The first-order valence-electron chi connectivity index (χ1n) is 5.63. The summed E-state index contributed by atoms with van der Waals surface area (Å²) in [6, 6.07) is 7.06. The Morgan fingerprint density at radius 2 is 2.22 bits per heavy atom. The van der Waals surface area contributed by atoms with Crippen LogP contribution in [0.25, 0.3) is 0 Å². The summed E-state index contributed by atoms with van der Waals surface area (Å²) in [4.78, 5) is 0. The van der Waals surface area contributed by atoms with Crippen LogP contribution in [0.4, 0.5) is 0 Å². The second kappa shape index (κ2) is 5.14. The van der Waals surface area contributed by atoms with Crippen molar-refractivity contribution in [2.24, 2.45) is 5.10 Å². The molecule has 0 fully saturated rings. The van der Waals surface area contributed by atoms with Crippen molar-refractivity contribution in [2.75, 3.05) is 0 Å². The molecular formula is C12H14N4OS. The number of benzene rings is 1. The third-order valence-corrected chi connectivity index (χ3v) is 2.84. The number of aryl methyl sites for hydroxylation is 1. The minimum absolute atomic E-state index is 0.201. The van der Waals surface area contributed by atoms with Gasteiger partial charge in [0.25, 0.3) is 0 Å². The summed E-state index contributed by atoms with van der Waals surface area (Å²) in [7, 11) is 0. The number of para-hydroxylation sites is 1. The van der Waals surface area contributed by atoms with Gasteiger partial charge >= 0.3 is 0 Å². The summed E-state index contributed by atoms with van der Waals surface area (Å²) in [5.41, 5.74) is 1.36. The molecule has 0 saturated carbocycles. The van der Waals surface area contributed by atoms with Crippen LogP contribution in [0.3, 0.4) is 0 Å². The van der Waals surface area contributed by atoms with Crippen LogP contribution < -0.4 is 0 Å². The Bertz CT molecular complexity index is 642. The molecule has 0 saturated heterocycles. The number of aromatic amines is 1. The molecule has 1 aromatic heterocycles. The number of rotatable bonds is 3. The Kier molecular flexibility index (Phi) is 3.57. The smallest absolute Gasteiger partial charge is 0.216 e. The van der Waals surface area contributed by atoms with Gasteiger partial charge in [-0.15, -0.1) is 0 Å². The SMILES string of the molecule is CCc1n[nH]c(=S)n1/N=C(\C)c1ccccc1O. The lowest BCUT2D eigenvalue weighted by molar-refractivity contribution is 0.474. The molecule has 0 radical (unpaired) electrons. The fourth-order valence-electron chi connectivity index (χ4n) is 1.64. The molecule has 0 aliphatic carbocycles. The number of nitrogens with one attached hydrogen (secondary N) is 1. The topological polar surface area (TPSA) is 66.2 Å². The largest absolute Gasteiger partial charge is 0.507 e. The minimum Gasteiger partial charge on any atom is -0.507 e. The molecular weight excluding hydrogens is 248 g/mol. The van der Waals surface area contributed by atoms with Gasteiger partial charge in [-0.25, -0.2) is 0 Å². The molecule has 0 aliphatic rings. The Balaban J connectivity index is 2.48. The van der Waals surface area contributed by atoms with E-state index in [0.717, 1.165) is 12.2 Å². The molecule has 6 heteroatoms. The highest BCUT2D eigenvalue weighted by Gasteiger charge is 2.06. The van der Waals surface area contributed by atoms with Gasteiger partial charge in [0.05, 0.1) is 5.71 Å². The van der Waals surface area contributed by atoms with Crippen molar-refractivity contribution >= 4 is 17.9 Å². The molecule has 1 aromatic carbocycles. The number of hydrogen-bond acceptors (Lipinski definition) is 4. The summed E-state index contributed by atoms with van der Waals surface area (Å²) in [6.07, 6.45) is 0.727. The number of phenols is 1. The van der Waals surface area contributed by atoms with Gasteiger partial charge in [-0.05, 0) is 31.3 Å². The number of nitrogens with zero attached hydrogens (tertiary/aromatic N) is 3. The van der Waals surface area contributed by atoms with E-state index in [-0.39, 0.29) is 5.75 Å². The van der Waals surface area contributed by atoms with Crippen molar-refractivity contribution in [3.8, 4) is 5.75 Å². The van der Waals surface area contributed by atoms with Crippen molar-refractivity contribution in [2.45, 2.75) is 20.3 Å². The molecule has 2 aromatic rings. The molecule has 0 unspecified atom stereocenters. The van der Waals surface area contributed by atoms with Gasteiger partial charge in [-0.3, -0.25) is 5.10 Å².